The molecule has 1 aromatic carbocycles. The molecule has 3 rings (SSSR count). The zero-order chi connectivity index (χ0) is 14.0. The first-order valence-corrected chi connectivity index (χ1v) is 8.05. The lowest BCUT2D eigenvalue weighted by atomic mass is 10.1. The lowest BCUT2D eigenvalue weighted by Crippen LogP contribution is -2.37. The molecule has 0 atom stereocenters. The second-order valence-electron chi connectivity index (χ2n) is 4.82. The maximum absolute atomic E-state index is 12.4. The Hall–Kier alpha value is -1.79. The average Bonchev–Trinajstić information content (AvgIpc) is 2.47. The summed E-state index contributed by atoms with van der Waals surface area (Å²) in [6.07, 6.45) is 3.85. The van der Waals surface area contributed by atoms with E-state index in [1.165, 1.54) is 10.6 Å². The van der Waals surface area contributed by atoms with Crippen molar-refractivity contribution in [3.8, 4) is 0 Å². The number of hydrogen-bond donors (Lipinski definition) is 0. The quantitative estimate of drug-likeness (QED) is 0.856. The Morgan fingerprint density at radius 2 is 2.00 bits per heavy atom. The number of sulfonamides is 1. The Bertz CT molecular complexity index is 701. The molecular formula is C14H15N3O2S. The Morgan fingerprint density at radius 3 is 2.80 bits per heavy atom. The third kappa shape index (κ3) is 2.71. The highest BCUT2D eigenvalue weighted by Gasteiger charge is 2.27. The number of rotatable bonds is 3. The van der Waals surface area contributed by atoms with Crippen LogP contribution < -0.4 is 0 Å². The number of nitrogens with zero attached hydrogens (tertiary/aromatic N) is 3. The van der Waals surface area contributed by atoms with Gasteiger partial charge in [0.2, 0.25) is 10.0 Å². The lowest BCUT2D eigenvalue weighted by molar-refractivity contribution is 0.386. The van der Waals surface area contributed by atoms with Crippen molar-refractivity contribution in [2.45, 2.75) is 18.7 Å². The summed E-state index contributed by atoms with van der Waals surface area (Å²) < 4.78 is 26.4. The standard InChI is InChI=1S/C14H15N3O2S/c18-20(19,10-12-4-2-1-3-5-12)17-7-6-14-13(9-17)8-15-11-16-14/h1-5,8,11H,6-7,9-10H2. The van der Waals surface area contributed by atoms with Gasteiger partial charge in [-0.05, 0) is 5.56 Å². The molecule has 6 heteroatoms. The zero-order valence-corrected chi connectivity index (χ0v) is 11.8. The molecule has 0 fully saturated rings. The third-order valence-corrected chi connectivity index (χ3v) is 5.21. The molecule has 0 N–H and O–H groups in total. The molecule has 20 heavy (non-hydrogen) atoms. The number of benzene rings is 1. The van der Waals surface area contributed by atoms with Crippen molar-refractivity contribution in [1.29, 1.82) is 0 Å². The minimum Gasteiger partial charge on any atom is -0.244 e. The fraction of sp³-hybridized carbons (Fsp3) is 0.286. The van der Waals surface area contributed by atoms with Crippen LogP contribution in [0.2, 0.25) is 0 Å². The van der Waals surface area contributed by atoms with Gasteiger partial charge in [-0.25, -0.2) is 18.4 Å². The molecule has 104 valence electrons. The third-order valence-electron chi connectivity index (χ3n) is 3.41. The van der Waals surface area contributed by atoms with Crippen LogP contribution in [0.15, 0.2) is 42.9 Å². The van der Waals surface area contributed by atoms with Gasteiger partial charge >= 0.3 is 0 Å². The predicted molar refractivity (Wildman–Crippen MR) is 75.2 cm³/mol. The minimum absolute atomic E-state index is 0.0386. The first kappa shape index (κ1) is 13.2. The molecule has 2 aromatic rings. The first-order valence-electron chi connectivity index (χ1n) is 6.45. The molecule has 1 aromatic heterocycles. The van der Waals surface area contributed by atoms with E-state index >= 15 is 0 Å². The second-order valence-corrected chi connectivity index (χ2v) is 6.79. The molecule has 2 heterocycles. The van der Waals surface area contributed by atoms with Crippen LogP contribution in [-0.2, 0) is 28.7 Å². The van der Waals surface area contributed by atoms with E-state index in [0.29, 0.717) is 19.5 Å². The summed E-state index contributed by atoms with van der Waals surface area (Å²) >= 11 is 0. The van der Waals surface area contributed by atoms with Crippen LogP contribution in [0.4, 0.5) is 0 Å². The zero-order valence-electron chi connectivity index (χ0n) is 10.9. The van der Waals surface area contributed by atoms with E-state index in [1.54, 1.807) is 6.20 Å². The fourth-order valence-corrected chi connectivity index (χ4v) is 3.86. The van der Waals surface area contributed by atoms with Gasteiger partial charge in [0, 0.05) is 37.0 Å². The minimum atomic E-state index is -3.30. The summed E-state index contributed by atoms with van der Waals surface area (Å²) in [5, 5.41) is 0. The van der Waals surface area contributed by atoms with Gasteiger partial charge in [0.1, 0.15) is 6.33 Å². The molecule has 0 radical (unpaired) electrons. The predicted octanol–water partition coefficient (Wildman–Crippen LogP) is 1.36. The summed E-state index contributed by atoms with van der Waals surface area (Å²) in [6, 6.07) is 9.25. The topological polar surface area (TPSA) is 63.2 Å². The van der Waals surface area contributed by atoms with Gasteiger partial charge in [-0.3, -0.25) is 0 Å². The number of fused-ring (bicyclic) bond motifs is 1. The van der Waals surface area contributed by atoms with Gasteiger partial charge in [0.05, 0.1) is 5.75 Å². The van der Waals surface area contributed by atoms with Gasteiger partial charge in [0.25, 0.3) is 0 Å². The molecule has 0 unspecified atom stereocenters. The second kappa shape index (κ2) is 5.30. The summed E-state index contributed by atoms with van der Waals surface area (Å²) in [5.74, 6) is 0.0386. The van der Waals surface area contributed by atoms with Crippen molar-refractivity contribution in [3.05, 3.63) is 59.7 Å². The molecule has 5 nitrogen and oxygen atoms in total. The summed E-state index contributed by atoms with van der Waals surface area (Å²) in [5.41, 5.74) is 2.66. The smallest absolute Gasteiger partial charge is 0.218 e. The highest BCUT2D eigenvalue weighted by Crippen LogP contribution is 2.20. The van der Waals surface area contributed by atoms with E-state index in [4.69, 9.17) is 0 Å². The van der Waals surface area contributed by atoms with E-state index < -0.39 is 10.0 Å². The highest BCUT2D eigenvalue weighted by atomic mass is 32.2. The van der Waals surface area contributed by atoms with Crippen molar-refractivity contribution >= 4 is 10.0 Å². The Balaban J connectivity index is 1.80. The van der Waals surface area contributed by atoms with E-state index in [-0.39, 0.29) is 5.75 Å². The van der Waals surface area contributed by atoms with Crippen LogP contribution in [0, 0.1) is 0 Å². The van der Waals surface area contributed by atoms with E-state index in [1.807, 2.05) is 30.3 Å². The largest absolute Gasteiger partial charge is 0.244 e. The molecule has 1 aliphatic rings. The van der Waals surface area contributed by atoms with E-state index in [9.17, 15) is 8.42 Å². The maximum Gasteiger partial charge on any atom is 0.218 e. The molecule has 0 saturated heterocycles. The molecule has 1 aliphatic heterocycles. The number of aromatic nitrogens is 2. The molecule has 0 bridgehead atoms. The van der Waals surface area contributed by atoms with Crippen molar-refractivity contribution < 1.29 is 8.42 Å². The Morgan fingerprint density at radius 1 is 1.20 bits per heavy atom. The molecular weight excluding hydrogens is 274 g/mol. The first-order chi connectivity index (χ1) is 9.65. The van der Waals surface area contributed by atoms with Crippen LogP contribution in [0.5, 0.6) is 0 Å². The van der Waals surface area contributed by atoms with Crippen LogP contribution in [0.1, 0.15) is 16.8 Å². The van der Waals surface area contributed by atoms with Gasteiger partial charge in [-0.1, -0.05) is 30.3 Å². The van der Waals surface area contributed by atoms with Crippen LogP contribution in [0.3, 0.4) is 0 Å². The van der Waals surface area contributed by atoms with Crippen molar-refractivity contribution in [2.75, 3.05) is 6.54 Å². The normalized spacial score (nSPS) is 15.8. The van der Waals surface area contributed by atoms with Gasteiger partial charge < -0.3 is 0 Å². The van der Waals surface area contributed by atoms with Crippen molar-refractivity contribution in [3.63, 3.8) is 0 Å². The molecule has 0 saturated carbocycles. The lowest BCUT2D eigenvalue weighted by Gasteiger charge is -2.27. The van der Waals surface area contributed by atoms with Crippen molar-refractivity contribution in [2.24, 2.45) is 0 Å². The Kier molecular flexibility index (Phi) is 3.50. The summed E-state index contributed by atoms with van der Waals surface area (Å²) in [7, 11) is -3.30. The van der Waals surface area contributed by atoms with Crippen LogP contribution in [-0.4, -0.2) is 29.2 Å². The average molecular weight is 289 g/mol. The van der Waals surface area contributed by atoms with Gasteiger partial charge in [0.15, 0.2) is 0 Å². The fourth-order valence-electron chi connectivity index (χ4n) is 2.35. The van der Waals surface area contributed by atoms with Gasteiger partial charge in [-0.2, -0.15) is 4.31 Å². The van der Waals surface area contributed by atoms with E-state index in [2.05, 4.69) is 9.97 Å². The van der Waals surface area contributed by atoms with Crippen molar-refractivity contribution in [1.82, 2.24) is 14.3 Å². The highest BCUT2D eigenvalue weighted by molar-refractivity contribution is 7.88. The SMILES string of the molecule is O=S(=O)(Cc1ccccc1)N1CCc2ncncc2C1. The van der Waals surface area contributed by atoms with Crippen LogP contribution in [0.25, 0.3) is 0 Å². The molecule has 0 aliphatic carbocycles. The summed E-state index contributed by atoms with van der Waals surface area (Å²) in [6.45, 7) is 0.852. The Labute approximate surface area is 118 Å². The monoisotopic (exact) mass is 289 g/mol. The summed E-state index contributed by atoms with van der Waals surface area (Å²) in [4.78, 5) is 8.15. The molecule has 0 amide bonds. The number of hydrogen-bond acceptors (Lipinski definition) is 4. The molecule has 0 spiro atoms. The van der Waals surface area contributed by atoms with Gasteiger partial charge in [-0.15, -0.1) is 0 Å². The van der Waals surface area contributed by atoms with Crippen LogP contribution >= 0.6 is 0 Å². The maximum atomic E-state index is 12.4. The van der Waals surface area contributed by atoms with E-state index in [0.717, 1.165) is 16.8 Å².